The minimum Gasteiger partial charge on any atom is -0.360 e. The van der Waals surface area contributed by atoms with E-state index in [4.69, 9.17) is 10.3 Å². The van der Waals surface area contributed by atoms with Crippen LogP contribution in [0.15, 0.2) is 22.7 Å². The smallest absolute Gasteiger partial charge is 0.360 e. The maximum absolute atomic E-state index is 12.5. The third kappa shape index (κ3) is 2.41. The molecule has 1 aromatic heterocycles. The molecule has 0 radical (unpaired) electrons. The standard InChI is InChI=1S/C11H11F3N2O/c1-6(15)4-10-8-5-7(11(12,13)14)2-3-9(8)16-17-10/h2-3,5-6H,4,15H2,1H3. The van der Waals surface area contributed by atoms with Gasteiger partial charge in [0.2, 0.25) is 0 Å². The Labute approximate surface area is 95.4 Å². The number of nitrogens with zero attached hydrogens (tertiary/aromatic N) is 1. The molecule has 3 nitrogen and oxygen atoms in total. The van der Waals surface area contributed by atoms with Crippen molar-refractivity contribution in [2.24, 2.45) is 5.73 Å². The number of benzene rings is 1. The number of nitrogens with two attached hydrogens (primary N) is 1. The molecular formula is C11H11F3N2O. The summed E-state index contributed by atoms with van der Waals surface area (Å²) in [6.45, 7) is 1.75. The first-order chi connectivity index (χ1) is 7.88. The van der Waals surface area contributed by atoms with Gasteiger partial charge in [0.25, 0.3) is 0 Å². The molecule has 0 saturated carbocycles. The van der Waals surface area contributed by atoms with Gasteiger partial charge in [-0.05, 0) is 25.1 Å². The fourth-order valence-electron chi connectivity index (χ4n) is 1.61. The van der Waals surface area contributed by atoms with Gasteiger partial charge >= 0.3 is 6.18 Å². The van der Waals surface area contributed by atoms with Gasteiger partial charge in [-0.3, -0.25) is 0 Å². The van der Waals surface area contributed by atoms with Gasteiger partial charge in [0.15, 0.2) is 0 Å². The molecule has 0 saturated heterocycles. The van der Waals surface area contributed by atoms with Crippen LogP contribution in [-0.4, -0.2) is 11.2 Å². The number of halogens is 3. The fraction of sp³-hybridized carbons (Fsp3) is 0.364. The maximum atomic E-state index is 12.5. The second-order valence-corrected chi connectivity index (χ2v) is 4.02. The fourth-order valence-corrected chi connectivity index (χ4v) is 1.61. The highest BCUT2D eigenvalue weighted by Crippen LogP contribution is 2.32. The molecule has 0 aliphatic carbocycles. The zero-order valence-corrected chi connectivity index (χ0v) is 9.08. The molecule has 0 aliphatic heterocycles. The molecule has 92 valence electrons. The zero-order chi connectivity index (χ0) is 12.6. The van der Waals surface area contributed by atoms with E-state index >= 15 is 0 Å². The quantitative estimate of drug-likeness (QED) is 0.883. The Morgan fingerprint density at radius 1 is 1.41 bits per heavy atom. The normalized spacial score (nSPS) is 14.2. The largest absolute Gasteiger partial charge is 0.416 e. The van der Waals surface area contributed by atoms with Crippen molar-refractivity contribution < 1.29 is 17.7 Å². The van der Waals surface area contributed by atoms with Gasteiger partial charge in [-0.1, -0.05) is 5.16 Å². The van der Waals surface area contributed by atoms with E-state index in [1.165, 1.54) is 6.07 Å². The molecule has 0 spiro atoms. The lowest BCUT2D eigenvalue weighted by atomic mass is 10.1. The van der Waals surface area contributed by atoms with Crippen LogP contribution in [0.25, 0.3) is 10.9 Å². The van der Waals surface area contributed by atoms with E-state index in [0.29, 0.717) is 23.1 Å². The van der Waals surface area contributed by atoms with Gasteiger partial charge in [-0.15, -0.1) is 0 Å². The van der Waals surface area contributed by atoms with Crippen molar-refractivity contribution in [3.63, 3.8) is 0 Å². The first kappa shape index (κ1) is 11.9. The molecule has 1 unspecified atom stereocenters. The second-order valence-electron chi connectivity index (χ2n) is 4.02. The third-order valence-electron chi connectivity index (χ3n) is 2.39. The topological polar surface area (TPSA) is 52.0 Å². The summed E-state index contributed by atoms with van der Waals surface area (Å²) >= 11 is 0. The lowest BCUT2D eigenvalue weighted by Crippen LogP contribution is -2.17. The van der Waals surface area contributed by atoms with E-state index < -0.39 is 11.7 Å². The van der Waals surface area contributed by atoms with Crippen LogP contribution >= 0.6 is 0 Å². The Morgan fingerprint density at radius 2 is 2.12 bits per heavy atom. The van der Waals surface area contributed by atoms with Gasteiger partial charge in [0.05, 0.1) is 5.56 Å². The number of rotatable bonds is 2. The summed E-state index contributed by atoms with van der Waals surface area (Å²) in [5, 5.41) is 4.07. The van der Waals surface area contributed by atoms with E-state index in [-0.39, 0.29) is 6.04 Å². The molecule has 1 heterocycles. The lowest BCUT2D eigenvalue weighted by molar-refractivity contribution is -0.137. The molecule has 2 aromatic rings. The highest BCUT2D eigenvalue weighted by molar-refractivity contribution is 5.81. The molecule has 17 heavy (non-hydrogen) atoms. The Bertz CT molecular complexity index is 531. The maximum Gasteiger partial charge on any atom is 0.416 e. The van der Waals surface area contributed by atoms with Crippen molar-refractivity contribution in [3.8, 4) is 0 Å². The number of aromatic nitrogens is 1. The van der Waals surface area contributed by atoms with Crippen molar-refractivity contribution in [2.45, 2.75) is 25.6 Å². The van der Waals surface area contributed by atoms with Crippen molar-refractivity contribution in [1.29, 1.82) is 0 Å². The van der Waals surface area contributed by atoms with Crippen LogP contribution in [-0.2, 0) is 12.6 Å². The van der Waals surface area contributed by atoms with Crippen molar-refractivity contribution >= 4 is 10.9 Å². The lowest BCUT2D eigenvalue weighted by Gasteiger charge is -2.06. The van der Waals surface area contributed by atoms with Gasteiger partial charge in [0, 0.05) is 17.8 Å². The van der Waals surface area contributed by atoms with Crippen LogP contribution < -0.4 is 5.73 Å². The number of alkyl halides is 3. The predicted molar refractivity (Wildman–Crippen MR) is 56.4 cm³/mol. The predicted octanol–water partition coefficient (Wildman–Crippen LogP) is 2.74. The highest BCUT2D eigenvalue weighted by atomic mass is 19.4. The summed E-state index contributed by atoms with van der Waals surface area (Å²) in [7, 11) is 0. The Balaban J connectivity index is 2.50. The van der Waals surface area contributed by atoms with Crippen molar-refractivity contribution in [2.75, 3.05) is 0 Å². The molecule has 2 rings (SSSR count). The van der Waals surface area contributed by atoms with Gasteiger partial charge in [0.1, 0.15) is 11.3 Å². The van der Waals surface area contributed by atoms with Crippen LogP contribution in [0, 0.1) is 0 Å². The van der Waals surface area contributed by atoms with E-state index in [9.17, 15) is 13.2 Å². The first-order valence-electron chi connectivity index (χ1n) is 5.09. The molecule has 0 fully saturated rings. The second kappa shape index (κ2) is 4.03. The van der Waals surface area contributed by atoms with E-state index in [1.807, 2.05) is 0 Å². The summed E-state index contributed by atoms with van der Waals surface area (Å²) in [6.07, 6.45) is -4.01. The van der Waals surface area contributed by atoms with Gasteiger partial charge < -0.3 is 10.3 Å². The van der Waals surface area contributed by atoms with E-state index in [2.05, 4.69) is 5.16 Å². The van der Waals surface area contributed by atoms with Gasteiger partial charge in [-0.2, -0.15) is 13.2 Å². The first-order valence-corrected chi connectivity index (χ1v) is 5.09. The molecule has 1 atom stereocenters. The number of fused-ring (bicyclic) bond motifs is 1. The molecule has 2 N–H and O–H groups in total. The Kier molecular flexibility index (Phi) is 2.82. The van der Waals surface area contributed by atoms with Crippen LogP contribution in [0.4, 0.5) is 13.2 Å². The Morgan fingerprint density at radius 3 is 2.71 bits per heavy atom. The Hall–Kier alpha value is -1.56. The minimum atomic E-state index is -4.36. The highest BCUT2D eigenvalue weighted by Gasteiger charge is 2.31. The van der Waals surface area contributed by atoms with E-state index in [0.717, 1.165) is 12.1 Å². The van der Waals surface area contributed by atoms with Crippen LogP contribution in [0.2, 0.25) is 0 Å². The monoisotopic (exact) mass is 244 g/mol. The molecule has 0 aliphatic rings. The molecular weight excluding hydrogens is 233 g/mol. The summed E-state index contributed by atoms with van der Waals surface area (Å²) in [5.74, 6) is 0.390. The number of hydrogen-bond donors (Lipinski definition) is 1. The zero-order valence-electron chi connectivity index (χ0n) is 9.08. The summed E-state index contributed by atoms with van der Waals surface area (Å²) < 4.78 is 42.6. The van der Waals surface area contributed by atoms with Crippen LogP contribution in [0.3, 0.4) is 0 Å². The van der Waals surface area contributed by atoms with E-state index in [1.54, 1.807) is 6.92 Å². The SMILES string of the molecule is CC(N)Cc1onc2ccc(C(F)(F)F)cc12. The van der Waals surface area contributed by atoms with Gasteiger partial charge in [-0.25, -0.2) is 0 Å². The summed E-state index contributed by atoms with van der Waals surface area (Å²) in [5.41, 5.74) is 5.29. The third-order valence-corrected chi connectivity index (χ3v) is 2.39. The average Bonchev–Trinajstić information content (AvgIpc) is 2.59. The summed E-state index contributed by atoms with van der Waals surface area (Å²) in [4.78, 5) is 0. The molecule has 1 aromatic carbocycles. The van der Waals surface area contributed by atoms with Crippen LogP contribution in [0.5, 0.6) is 0 Å². The molecule has 0 amide bonds. The van der Waals surface area contributed by atoms with Crippen molar-refractivity contribution in [3.05, 3.63) is 29.5 Å². The molecule has 0 bridgehead atoms. The minimum absolute atomic E-state index is 0.194. The number of hydrogen-bond acceptors (Lipinski definition) is 3. The molecule has 6 heteroatoms. The summed E-state index contributed by atoms with van der Waals surface area (Å²) in [6, 6.07) is 3.14. The van der Waals surface area contributed by atoms with Crippen molar-refractivity contribution in [1.82, 2.24) is 5.16 Å². The van der Waals surface area contributed by atoms with Crippen LogP contribution in [0.1, 0.15) is 18.2 Å². The average molecular weight is 244 g/mol.